The molecule has 1 heterocycles. The molecule has 8 heteroatoms. The van der Waals surface area contributed by atoms with Crippen LogP contribution < -0.4 is 15.9 Å². The van der Waals surface area contributed by atoms with Gasteiger partial charge in [0.15, 0.2) is 5.82 Å². The molecule has 1 aliphatic carbocycles. The highest BCUT2D eigenvalue weighted by Gasteiger charge is 2.13. The van der Waals surface area contributed by atoms with Gasteiger partial charge in [0.25, 0.3) is 0 Å². The molecule has 0 radical (unpaired) electrons. The van der Waals surface area contributed by atoms with Crippen molar-refractivity contribution in [3.63, 3.8) is 0 Å². The first-order valence-corrected chi connectivity index (χ1v) is 11.0. The molecule has 2 aromatic rings. The number of allylic oxidation sites excluding steroid dienone is 1. The molecule has 0 aliphatic heterocycles. The zero-order valence-corrected chi connectivity index (χ0v) is 17.9. The third-order valence-electron chi connectivity index (χ3n) is 4.78. The number of hydrogen-bond donors (Lipinski definition) is 2. The van der Waals surface area contributed by atoms with Crippen molar-refractivity contribution >= 4 is 17.7 Å². The van der Waals surface area contributed by atoms with Crippen molar-refractivity contribution in [2.45, 2.75) is 57.7 Å². The van der Waals surface area contributed by atoms with Gasteiger partial charge in [-0.2, -0.15) is 0 Å². The summed E-state index contributed by atoms with van der Waals surface area (Å²) >= 11 is 1.27. The first-order chi connectivity index (χ1) is 14.0. The van der Waals surface area contributed by atoms with Gasteiger partial charge in [-0.25, -0.2) is 4.68 Å². The zero-order chi connectivity index (χ0) is 20.6. The number of benzene rings is 1. The normalized spacial score (nSPS) is 13.8. The van der Waals surface area contributed by atoms with E-state index >= 15 is 0 Å². The number of carbonyl (C=O) groups excluding carboxylic acids is 1. The number of nitrogen functional groups attached to an aromatic ring is 1. The van der Waals surface area contributed by atoms with Crippen LogP contribution in [0, 0.1) is 13.8 Å². The van der Waals surface area contributed by atoms with E-state index in [9.17, 15) is 4.79 Å². The molecule has 1 aliphatic rings. The summed E-state index contributed by atoms with van der Waals surface area (Å²) < 4.78 is 7.17. The number of carbonyl (C=O) groups is 1. The highest BCUT2D eigenvalue weighted by atomic mass is 32.2. The number of nitrogens with one attached hydrogen (secondary N) is 1. The van der Waals surface area contributed by atoms with E-state index in [1.807, 2.05) is 26.0 Å². The first kappa shape index (κ1) is 21.2. The average Bonchev–Trinajstić information content (AvgIpc) is 3.04. The molecule has 1 aromatic heterocycles. The minimum absolute atomic E-state index is 0.0255. The van der Waals surface area contributed by atoms with Crippen molar-refractivity contribution in [2.24, 2.45) is 0 Å². The highest BCUT2D eigenvalue weighted by molar-refractivity contribution is 7.99. The summed E-state index contributed by atoms with van der Waals surface area (Å²) in [5, 5.41) is 11.6. The summed E-state index contributed by atoms with van der Waals surface area (Å²) in [7, 11) is 0. The highest BCUT2D eigenvalue weighted by Crippen LogP contribution is 2.20. The van der Waals surface area contributed by atoms with Gasteiger partial charge in [0.2, 0.25) is 11.1 Å². The Balaban J connectivity index is 1.42. The number of nitrogens with zero attached hydrogens (tertiary/aromatic N) is 3. The molecule has 0 unspecified atom stereocenters. The number of aromatic nitrogens is 3. The van der Waals surface area contributed by atoms with E-state index in [-0.39, 0.29) is 18.3 Å². The molecular formula is C21H29N5O2S. The maximum absolute atomic E-state index is 12.1. The maximum atomic E-state index is 12.1. The van der Waals surface area contributed by atoms with Crippen LogP contribution in [0.4, 0.5) is 0 Å². The molecule has 0 atom stereocenters. The third kappa shape index (κ3) is 6.52. The minimum Gasteiger partial charge on any atom is -0.486 e. The summed E-state index contributed by atoms with van der Waals surface area (Å²) in [5.74, 6) is 7.57. The van der Waals surface area contributed by atoms with Gasteiger partial charge >= 0.3 is 0 Å². The molecule has 0 spiro atoms. The molecule has 0 fully saturated rings. The SMILES string of the molecule is Cc1cc(C)cc(OCc2nnc(SCC(=O)NCCC3=CCCCC3)n2N)c1. The Kier molecular flexibility index (Phi) is 7.57. The second-order valence-corrected chi connectivity index (χ2v) is 8.32. The predicted molar refractivity (Wildman–Crippen MR) is 115 cm³/mol. The second-order valence-electron chi connectivity index (χ2n) is 7.38. The number of hydrogen-bond acceptors (Lipinski definition) is 6. The van der Waals surface area contributed by atoms with E-state index in [0.717, 1.165) is 29.7 Å². The van der Waals surface area contributed by atoms with Crippen molar-refractivity contribution in [3.05, 3.63) is 46.8 Å². The summed E-state index contributed by atoms with van der Waals surface area (Å²) in [4.78, 5) is 12.1. The quantitative estimate of drug-likeness (QED) is 0.371. The number of amides is 1. The maximum Gasteiger partial charge on any atom is 0.230 e. The number of aryl methyl sites for hydroxylation is 2. The van der Waals surface area contributed by atoms with Crippen LogP contribution in [0.15, 0.2) is 35.0 Å². The Bertz CT molecular complexity index is 858. The molecular weight excluding hydrogens is 386 g/mol. The van der Waals surface area contributed by atoms with Crippen molar-refractivity contribution in [3.8, 4) is 5.75 Å². The fourth-order valence-electron chi connectivity index (χ4n) is 3.34. The fourth-order valence-corrected chi connectivity index (χ4v) is 4.05. The second kappa shape index (κ2) is 10.3. The number of ether oxygens (including phenoxy) is 1. The molecule has 0 saturated carbocycles. The molecule has 29 heavy (non-hydrogen) atoms. The summed E-state index contributed by atoms with van der Waals surface area (Å²) in [6, 6.07) is 6.02. The van der Waals surface area contributed by atoms with Crippen LogP contribution in [0.25, 0.3) is 0 Å². The van der Waals surface area contributed by atoms with Crippen molar-refractivity contribution in [1.82, 2.24) is 20.2 Å². The zero-order valence-electron chi connectivity index (χ0n) is 17.1. The Labute approximate surface area is 176 Å². The predicted octanol–water partition coefficient (Wildman–Crippen LogP) is 3.29. The van der Waals surface area contributed by atoms with Crippen LogP contribution in [-0.2, 0) is 11.4 Å². The van der Waals surface area contributed by atoms with Gasteiger partial charge < -0.3 is 15.9 Å². The van der Waals surface area contributed by atoms with Gasteiger partial charge in [-0.15, -0.1) is 10.2 Å². The average molecular weight is 416 g/mol. The largest absolute Gasteiger partial charge is 0.486 e. The smallest absolute Gasteiger partial charge is 0.230 e. The van der Waals surface area contributed by atoms with Gasteiger partial charge in [-0.1, -0.05) is 29.5 Å². The standard InChI is InChI=1S/C21H29N5O2S/c1-15-10-16(2)12-18(11-15)28-13-19-24-25-21(26(19)22)29-14-20(27)23-9-8-17-6-4-3-5-7-17/h6,10-12H,3-5,7-9,13-14,22H2,1-2H3,(H,23,27). The van der Waals surface area contributed by atoms with Crippen LogP contribution >= 0.6 is 11.8 Å². The lowest BCUT2D eigenvalue weighted by Crippen LogP contribution is -2.27. The van der Waals surface area contributed by atoms with Crippen molar-refractivity contribution < 1.29 is 9.53 Å². The fraction of sp³-hybridized carbons (Fsp3) is 0.476. The Morgan fingerprint density at radius 1 is 1.24 bits per heavy atom. The summed E-state index contributed by atoms with van der Waals surface area (Å²) in [6.45, 7) is 4.94. The lowest BCUT2D eigenvalue weighted by molar-refractivity contribution is -0.118. The van der Waals surface area contributed by atoms with E-state index in [1.54, 1.807) is 0 Å². The van der Waals surface area contributed by atoms with Gasteiger partial charge in [0.05, 0.1) is 5.75 Å². The van der Waals surface area contributed by atoms with Crippen LogP contribution in [0.5, 0.6) is 5.75 Å². The molecule has 0 bridgehead atoms. The molecule has 1 amide bonds. The van der Waals surface area contributed by atoms with Gasteiger partial charge in [-0.05, 0) is 69.2 Å². The number of nitrogens with two attached hydrogens (primary N) is 1. The third-order valence-corrected chi connectivity index (χ3v) is 5.73. The molecule has 7 nitrogen and oxygen atoms in total. The minimum atomic E-state index is -0.0255. The van der Waals surface area contributed by atoms with Crippen LogP contribution in [-0.4, -0.2) is 33.1 Å². The van der Waals surface area contributed by atoms with Gasteiger partial charge in [0, 0.05) is 6.54 Å². The van der Waals surface area contributed by atoms with E-state index in [1.165, 1.54) is 41.3 Å². The van der Waals surface area contributed by atoms with Crippen LogP contribution in [0.3, 0.4) is 0 Å². The first-order valence-electron chi connectivity index (χ1n) is 9.99. The molecule has 156 valence electrons. The Morgan fingerprint density at radius 3 is 2.76 bits per heavy atom. The van der Waals surface area contributed by atoms with E-state index < -0.39 is 0 Å². The Hall–Kier alpha value is -2.48. The lowest BCUT2D eigenvalue weighted by Gasteiger charge is -2.12. The summed E-state index contributed by atoms with van der Waals surface area (Å²) in [6.07, 6.45) is 8.11. The van der Waals surface area contributed by atoms with Gasteiger partial charge in [-0.3, -0.25) is 4.79 Å². The topological polar surface area (TPSA) is 95.1 Å². The molecule has 1 aromatic carbocycles. The number of thioether (sulfide) groups is 1. The Morgan fingerprint density at radius 2 is 2.03 bits per heavy atom. The number of rotatable bonds is 9. The monoisotopic (exact) mass is 415 g/mol. The molecule has 0 saturated heterocycles. The van der Waals surface area contributed by atoms with E-state index in [4.69, 9.17) is 10.6 Å². The van der Waals surface area contributed by atoms with Crippen LogP contribution in [0.2, 0.25) is 0 Å². The lowest BCUT2D eigenvalue weighted by atomic mass is 9.97. The molecule has 3 N–H and O–H groups in total. The van der Waals surface area contributed by atoms with Crippen molar-refractivity contribution in [2.75, 3.05) is 18.1 Å². The van der Waals surface area contributed by atoms with Crippen molar-refractivity contribution in [1.29, 1.82) is 0 Å². The molecule has 3 rings (SSSR count). The summed E-state index contributed by atoms with van der Waals surface area (Å²) in [5.41, 5.74) is 3.73. The van der Waals surface area contributed by atoms with E-state index in [2.05, 4.69) is 27.7 Å². The van der Waals surface area contributed by atoms with E-state index in [0.29, 0.717) is 17.5 Å². The van der Waals surface area contributed by atoms with Crippen LogP contribution in [0.1, 0.15) is 49.1 Å². The van der Waals surface area contributed by atoms with Gasteiger partial charge in [0.1, 0.15) is 12.4 Å².